The minimum Gasteiger partial charge on any atom is -0.476 e. The van der Waals surface area contributed by atoms with E-state index in [1.54, 1.807) is 24.3 Å². The summed E-state index contributed by atoms with van der Waals surface area (Å²) in [5, 5.41) is 2.99. The summed E-state index contributed by atoms with van der Waals surface area (Å²) < 4.78 is 31.4. The molecule has 0 bridgehead atoms. The van der Waals surface area contributed by atoms with Crippen molar-refractivity contribution in [2.75, 3.05) is 17.1 Å². The number of sulfonamides is 1. The predicted molar refractivity (Wildman–Crippen MR) is 105 cm³/mol. The molecule has 0 aromatic heterocycles. The number of nitrogens with one attached hydrogen (secondary N) is 1. The fourth-order valence-corrected chi connectivity index (χ4v) is 4.05. The van der Waals surface area contributed by atoms with E-state index in [-0.39, 0.29) is 18.5 Å². The lowest BCUT2D eigenvalue weighted by Gasteiger charge is -2.34. The van der Waals surface area contributed by atoms with Crippen molar-refractivity contribution in [2.24, 2.45) is 0 Å². The third kappa shape index (κ3) is 4.24. The molecule has 0 fully saturated rings. The zero-order valence-electron chi connectivity index (χ0n) is 15.7. The summed E-state index contributed by atoms with van der Waals surface area (Å²) in [6.45, 7) is 3.95. The summed E-state index contributed by atoms with van der Waals surface area (Å²) >= 11 is 0. The Hall–Kier alpha value is -2.54. The molecule has 1 aliphatic rings. The first-order valence-electron chi connectivity index (χ1n) is 8.90. The smallest absolute Gasteiger partial charge is 0.263 e. The van der Waals surface area contributed by atoms with Crippen molar-refractivity contribution in [3.05, 3.63) is 59.7 Å². The van der Waals surface area contributed by atoms with Crippen LogP contribution in [-0.4, -0.2) is 33.2 Å². The van der Waals surface area contributed by atoms with Crippen LogP contribution < -0.4 is 14.4 Å². The number of para-hydroxylation sites is 2. The Morgan fingerprint density at radius 3 is 2.52 bits per heavy atom. The lowest BCUT2D eigenvalue weighted by atomic mass is 10.0. The first kappa shape index (κ1) is 19.2. The Bertz CT molecular complexity index is 925. The van der Waals surface area contributed by atoms with Gasteiger partial charge in [-0.15, -0.1) is 0 Å². The van der Waals surface area contributed by atoms with Gasteiger partial charge in [0.1, 0.15) is 5.75 Å². The number of fused-ring (bicyclic) bond motifs is 1. The van der Waals surface area contributed by atoms with E-state index in [0.717, 1.165) is 17.4 Å². The first-order chi connectivity index (χ1) is 12.8. The molecule has 0 spiro atoms. The van der Waals surface area contributed by atoms with Gasteiger partial charge in [0.25, 0.3) is 5.91 Å². The maximum absolute atomic E-state index is 12.8. The largest absolute Gasteiger partial charge is 0.476 e. The number of anilines is 1. The topological polar surface area (TPSA) is 75.7 Å². The Morgan fingerprint density at radius 1 is 1.22 bits per heavy atom. The maximum Gasteiger partial charge on any atom is 0.263 e. The average Bonchev–Trinajstić information content (AvgIpc) is 2.65. The molecule has 27 heavy (non-hydrogen) atoms. The molecule has 0 radical (unpaired) electrons. The molecule has 1 aliphatic heterocycles. The van der Waals surface area contributed by atoms with Crippen LogP contribution in [0.15, 0.2) is 48.5 Å². The molecule has 2 aromatic rings. The van der Waals surface area contributed by atoms with E-state index >= 15 is 0 Å². The van der Waals surface area contributed by atoms with Crippen molar-refractivity contribution in [2.45, 2.75) is 32.4 Å². The standard InChI is InChI=1S/C20H24N2O4S/c1-4-16(15-11-9-14(2)10-12-15)21-20(23)19-13-22(27(3,24)25)17-7-5-6-8-18(17)26-19/h5-12,16,19H,4,13H2,1-3H3,(H,21,23). The average molecular weight is 388 g/mol. The minimum atomic E-state index is -3.52. The van der Waals surface area contributed by atoms with Gasteiger partial charge in [-0.3, -0.25) is 9.10 Å². The summed E-state index contributed by atoms with van der Waals surface area (Å²) in [5.74, 6) is 0.0586. The highest BCUT2D eigenvalue weighted by molar-refractivity contribution is 7.92. The van der Waals surface area contributed by atoms with Gasteiger partial charge >= 0.3 is 0 Å². The lowest BCUT2D eigenvalue weighted by molar-refractivity contribution is -0.128. The summed E-state index contributed by atoms with van der Waals surface area (Å²) in [6, 6.07) is 14.7. The van der Waals surface area contributed by atoms with Gasteiger partial charge in [-0.05, 0) is 31.0 Å². The molecule has 1 amide bonds. The maximum atomic E-state index is 12.8. The number of amides is 1. The molecule has 144 valence electrons. The zero-order valence-corrected chi connectivity index (χ0v) is 16.5. The van der Waals surface area contributed by atoms with Crippen molar-refractivity contribution in [1.82, 2.24) is 5.32 Å². The van der Waals surface area contributed by atoms with Crippen LogP contribution in [0.25, 0.3) is 0 Å². The molecule has 0 saturated carbocycles. The van der Waals surface area contributed by atoms with Crippen LogP contribution >= 0.6 is 0 Å². The molecular formula is C20H24N2O4S. The van der Waals surface area contributed by atoms with Crippen LogP contribution in [0, 0.1) is 6.92 Å². The van der Waals surface area contributed by atoms with Gasteiger partial charge in [0.2, 0.25) is 10.0 Å². The van der Waals surface area contributed by atoms with Crippen LogP contribution in [0.2, 0.25) is 0 Å². The fourth-order valence-electron chi connectivity index (χ4n) is 3.14. The van der Waals surface area contributed by atoms with Gasteiger partial charge < -0.3 is 10.1 Å². The summed E-state index contributed by atoms with van der Waals surface area (Å²) in [5.41, 5.74) is 2.61. The van der Waals surface area contributed by atoms with Crippen molar-refractivity contribution in [3.8, 4) is 5.75 Å². The van der Waals surface area contributed by atoms with Crippen molar-refractivity contribution >= 4 is 21.6 Å². The van der Waals surface area contributed by atoms with Crippen molar-refractivity contribution < 1.29 is 17.9 Å². The minimum absolute atomic E-state index is 0.0496. The number of rotatable bonds is 5. The number of benzene rings is 2. The van der Waals surface area contributed by atoms with Gasteiger partial charge in [-0.25, -0.2) is 8.42 Å². The molecule has 2 aromatic carbocycles. The Kier molecular flexibility index (Phi) is 5.41. The third-order valence-electron chi connectivity index (χ3n) is 4.63. The highest BCUT2D eigenvalue weighted by Crippen LogP contribution is 2.34. The summed E-state index contributed by atoms with van der Waals surface area (Å²) in [4.78, 5) is 12.8. The van der Waals surface area contributed by atoms with Crippen LogP contribution in [-0.2, 0) is 14.8 Å². The molecule has 1 heterocycles. The second kappa shape index (κ2) is 7.60. The van der Waals surface area contributed by atoms with Crippen molar-refractivity contribution in [1.29, 1.82) is 0 Å². The van der Waals surface area contributed by atoms with E-state index in [2.05, 4.69) is 5.32 Å². The first-order valence-corrected chi connectivity index (χ1v) is 10.7. The second-order valence-electron chi connectivity index (χ2n) is 6.75. The van der Waals surface area contributed by atoms with Crippen LogP contribution in [0.4, 0.5) is 5.69 Å². The Labute approximate surface area is 160 Å². The van der Waals surface area contributed by atoms with E-state index in [9.17, 15) is 13.2 Å². The molecule has 7 heteroatoms. The molecule has 2 unspecified atom stereocenters. The number of aryl methyl sites for hydroxylation is 1. The SMILES string of the molecule is CCC(NC(=O)C1CN(S(C)(=O)=O)c2ccccc2O1)c1ccc(C)cc1. The van der Waals surface area contributed by atoms with E-state index < -0.39 is 16.1 Å². The number of ether oxygens (including phenoxy) is 1. The van der Waals surface area contributed by atoms with Gasteiger partial charge in [0.15, 0.2) is 6.10 Å². The van der Waals surface area contributed by atoms with Crippen LogP contribution in [0.3, 0.4) is 0 Å². The predicted octanol–water partition coefficient (Wildman–Crippen LogP) is 2.79. The molecule has 2 atom stereocenters. The molecule has 0 aliphatic carbocycles. The van der Waals surface area contributed by atoms with Crippen LogP contribution in [0.1, 0.15) is 30.5 Å². The lowest BCUT2D eigenvalue weighted by Crippen LogP contribution is -2.51. The van der Waals surface area contributed by atoms with Crippen molar-refractivity contribution in [3.63, 3.8) is 0 Å². The number of carbonyl (C=O) groups excluding carboxylic acids is 1. The third-order valence-corrected chi connectivity index (χ3v) is 5.78. The van der Waals surface area contributed by atoms with E-state index in [1.165, 1.54) is 4.31 Å². The van der Waals surface area contributed by atoms with E-state index in [0.29, 0.717) is 17.9 Å². The fraction of sp³-hybridized carbons (Fsp3) is 0.350. The van der Waals surface area contributed by atoms with Gasteiger partial charge in [-0.1, -0.05) is 48.9 Å². The van der Waals surface area contributed by atoms with E-state index in [1.807, 2.05) is 38.1 Å². The Morgan fingerprint density at radius 2 is 1.89 bits per heavy atom. The van der Waals surface area contributed by atoms with Gasteiger partial charge in [-0.2, -0.15) is 0 Å². The summed E-state index contributed by atoms with van der Waals surface area (Å²) in [7, 11) is -3.52. The number of nitrogens with zero attached hydrogens (tertiary/aromatic N) is 1. The number of hydrogen-bond donors (Lipinski definition) is 1. The highest BCUT2D eigenvalue weighted by atomic mass is 32.2. The highest BCUT2D eigenvalue weighted by Gasteiger charge is 2.35. The molecule has 1 N–H and O–H groups in total. The van der Waals surface area contributed by atoms with Crippen LogP contribution in [0.5, 0.6) is 5.75 Å². The van der Waals surface area contributed by atoms with Gasteiger partial charge in [0.05, 0.1) is 24.5 Å². The number of carbonyl (C=O) groups is 1. The monoisotopic (exact) mass is 388 g/mol. The van der Waals surface area contributed by atoms with Gasteiger partial charge in [0, 0.05) is 0 Å². The summed E-state index contributed by atoms with van der Waals surface area (Å²) in [6.07, 6.45) is 0.938. The number of hydrogen-bond acceptors (Lipinski definition) is 4. The quantitative estimate of drug-likeness (QED) is 0.855. The zero-order chi connectivity index (χ0) is 19.6. The normalized spacial score (nSPS) is 17.6. The van der Waals surface area contributed by atoms with E-state index in [4.69, 9.17) is 4.74 Å². The molecular weight excluding hydrogens is 364 g/mol. The molecule has 6 nitrogen and oxygen atoms in total. The Balaban J connectivity index is 1.81. The second-order valence-corrected chi connectivity index (χ2v) is 8.66. The molecule has 0 saturated heterocycles. The molecule has 3 rings (SSSR count).